The van der Waals surface area contributed by atoms with E-state index in [1.807, 2.05) is 12.1 Å². The van der Waals surface area contributed by atoms with Crippen LogP contribution in [0.5, 0.6) is 0 Å². The minimum Gasteiger partial charge on any atom is -0.456 e. The van der Waals surface area contributed by atoms with E-state index in [4.69, 9.17) is 4.42 Å². The Morgan fingerprint density at radius 3 is 2.44 bits per heavy atom. The Kier molecular flexibility index (Phi) is 6.38. The van der Waals surface area contributed by atoms with Crippen molar-refractivity contribution in [2.45, 2.75) is 96.8 Å². The van der Waals surface area contributed by atoms with E-state index < -0.39 is 0 Å². The highest BCUT2D eigenvalue weighted by atomic mass is 16.3. The minimum atomic E-state index is -0.113. The predicted molar refractivity (Wildman–Crippen MR) is 131 cm³/mol. The first-order valence-electron chi connectivity index (χ1n) is 12.3. The summed E-state index contributed by atoms with van der Waals surface area (Å²) < 4.78 is 5.96. The molecule has 3 heteroatoms. The number of hydrogen-bond donors (Lipinski definition) is 1. The van der Waals surface area contributed by atoms with E-state index >= 15 is 0 Å². The lowest BCUT2D eigenvalue weighted by Gasteiger charge is -2.42. The maximum Gasteiger partial charge on any atom is 0.287 e. The molecular weight excluding hydrogens is 394 g/mol. The number of aryl methyl sites for hydroxylation is 1. The fourth-order valence-electron chi connectivity index (χ4n) is 5.30. The van der Waals surface area contributed by atoms with Gasteiger partial charge >= 0.3 is 0 Å². The van der Waals surface area contributed by atoms with Crippen molar-refractivity contribution in [3.05, 3.63) is 69.7 Å². The van der Waals surface area contributed by atoms with Gasteiger partial charge in [0.05, 0.1) is 0 Å². The highest BCUT2D eigenvalue weighted by molar-refractivity contribution is 5.91. The van der Waals surface area contributed by atoms with Gasteiger partial charge in [0.1, 0.15) is 5.76 Å². The first-order valence-corrected chi connectivity index (χ1v) is 12.3. The van der Waals surface area contributed by atoms with Crippen molar-refractivity contribution < 1.29 is 9.21 Å². The molecule has 1 heterocycles. The molecule has 172 valence electrons. The molecule has 1 amide bonds. The Balaban J connectivity index is 1.44. The molecule has 32 heavy (non-hydrogen) atoms. The minimum absolute atomic E-state index is 0.113. The molecule has 0 saturated heterocycles. The summed E-state index contributed by atoms with van der Waals surface area (Å²) in [6.07, 6.45) is 11.4. The maximum atomic E-state index is 12.5. The SMILES string of the molecule is Cc1cc2c(cc1Cc1ccc(C(=O)NCCC3=CCCCC3)o1)C(C)(C)CCC2(C)C. The molecule has 2 aliphatic carbocycles. The molecular formula is C29H39NO2. The molecule has 1 aromatic heterocycles. The molecule has 0 bridgehead atoms. The van der Waals surface area contributed by atoms with E-state index in [1.54, 1.807) is 0 Å². The molecule has 0 spiro atoms. The third-order valence-electron chi connectivity index (χ3n) is 7.68. The van der Waals surface area contributed by atoms with Crippen LogP contribution in [0.4, 0.5) is 0 Å². The fraction of sp³-hybridized carbons (Fsp3) is 0.552. The van der Waals surface area contributed by atoms with Crippen LogP contribution in [0.3, 0.4) is 0 Å². The summed E-state index contributed by atoms with van der Waals surface area (Å²) in [6, 6.07) is 8.55. The molecule has 0 aliphatic heterocycles. The topological polar surface area (TPSA) is 42.2 Å². The Hall–Kier alpha value is -2.29. The number of benzene rings is 1. The van der Waals surface area contributed by atoms with Crippen LogP contribution in [0.15, 0.2) is 40.3 Å². The Morgan fingerprint density at radius 1 is 1.03 bits per heavy atom. The lowest BCUT2D eigenvalue weighted by atomic mass is 9.62. The van der Waals surface area contributed by atoms with Crippen molar-refractivity contribution in [2.75, 3.05) is 6.54 Å². The maximum absolute atomic E-state index is 12.5. The van der Waals surface area contributed by atoms with Crippen molar-refractivity contribution in [1.29, 1.82) is 0 Å². The second kappa shape index (κ2) is 8.92. The number of nitrogens with one attached hydrogen (secondary N) is 1. The molecule has 2 aromatic rings. The van der Waals surface area contributed by atoms with Crippen LogP contribution in [-0.4, -0.2) is 12.5 Å². The molecule has 0 unspecified atom stereocenters. The molecule has 1 N–H and O–H groups in total. The fourth-order valence-corrected chi connectivity index (χ4v) is 5.30. The summed E-state index contributed by atoms with van der Waals surface area (Å²) >= 11 is 0. The molecule has 0 saturated carbocycles. The van der Waals surface area contributed by atoms with Crippen LogP contribution in [0.1, 0.15) is 111 Å². The molecule has 4 rings (SSSR count). The van der Waals surface area contributed by atoms with Crippen molar-refractivity contribution in [2.24, 2.45) is 0 Å². The van der Waals surface area contributed by atoms with Gasteiger partial charge in [-0.1, -0.05) is 51.5 Å². The first-order chi connectivity index (χ1) is 15.2. The van der Waals surface area contributed by atoms with Crippen LogP contribution in [0.2, 0.25) is 0 Å². The van der Waals surface area contributed by atoms with Crippen molar-refractivity contribution in [3.63, 3.8) is 0 Å². The Bertz CT molecular complexity index is 1020. The number of amides is 1. The lowest BCUT2D eigenvalue weighted by molar-refractivity contribution is 0.0924. The molecule has 0 fully saturated rings. The van der Waals surface area contributed by atoms with Crippen LogP contribution in [0.25, 0.3) is 0 Å². The monoisotopic (exact) mass is 433 g/mol. The van der Waals surface area contributed by atoms with Crippen LogP contribution >= 0.6 is 0 Å². The van der Waals surface area contributed by atoms with Gasteiger partial charge < -0.3 is 9.73 Å². The standard InChI is InChI=1S/C29H39NO2/c1-20-17-24-25(29(4,5)15-14-28(24,2)3)19-22(20)18-23-11-12-26(32-23)27(31)30-16-13-21-9-7-6-8-10-21/h9,11-12,17,19H,6-8,10,13-16,18H2,1-5H3,(H,30,31). The van der Waals surface area contributed by atoms with Crippen molar-refractivity contribution >= 4 is 5.91 Å². The Morgan fingerprint density at radius 2 is 1.75 bits per heavy atom. The summed E-state index contributed by atoms with van der Waals surface area (Å²) in [5.74, 6) is 1.15. The average molecular weight is 434 g/mol. The average Bonchev–Trinajstić information content (AvgIpc) is 3.22. The molecule has 0 radical (unpaired) electrons. The smallest absolute Gasteiger partial charge is 0.287 e. The Labute approximate surface area is 193 Å². The van der Waals surface area contributed by atoms with E-state index in [9.17, 15) is 4.79 Å². The highest BCUT2D eigenvalue weighted by Gasteiger charge is 2.37. The summed E-state index contributed by atoms with van der Waals surface area (Å²) in [5.41, 5.74) is 7.44. The highest BCUT2D eigenvalue weighted by Crippen LogP contribution is 2.46. The first kappa shape index (κ1) is 22.9. The van der Waals surface area contributed by atoms with Gasteiger partial charge in [0, 0.05) is 13.0 Å². The van der Waals surface area contributed by atoms with Gasteiger partial charge in [-0.2, -0.15) is 0 Å². The van der Waals surface area contributed by atoms with E-state index in [0.717, 1.165) is 18.6 Å². The van der Waals surface area contributed by atoms with Crippen molar-refractivity contribution in [3.8, 4) is 0 Å². The van der Waals surface area contributed by atoms with Crippen LogP contribution < -0.4 is 5.32 Å². The number of fused-ring (bicyclic) bond motifs is 1. The van der Waals surface area contributed by atoms with Gasteiger partial charge in [-0.15, -0.1) is 0 Å². The molecule has 0 atom stereocenters. The van der Waals surface area contributed by atoms with Gasteiger partial charge in [-0.25, -0.2) is 0 Å². The predicted octanol–water partition coefficient (Wildman–Crippen LogP) is 7.15. The molecule has 1 aromatic carbocycles. The second-order valence-corrected chi connectivity index (χ2v) is 11.1. The van der Waals surface area contributed by atoms with Gasteiger partial charge in [0.15, 0.2) is 5.76 Å². The van der Waals surface area contributed by atoms with Gasteiger partial charge in [-0.05, 0) is 97.1 Å². The van der Waals surface area contributed by atoms with E-state index in [1.165, 1.54) is 66.4 Å². The van der Waals surface area contributed by atoms with Crippen LogP contribution in [-0.2, 0) is 17.3 Å². The summed E-state index contributed by atoms with van der Waals surface area (Å²) in [4.78, 5) is 12.5. The van der Waals surface area contributed by atoms with E-state index in [2.05, 4.69) is 58.1 Å². The largest absolute Gasteiger partial charge is 0.456 e. The third kappa shape index (κ3) is 4.87. The van der Waals surface area contributed by atoms with E-state index in [-0.39, 0.29) is 16.7 Å². The van der Waals surface area contributed by atoms with E-state index in [0.29, 0.717) is 12.3 Å². The van der Waals surface area contributed by atoms with Crippen LogP contribution in [0, 0.1) is 6.92 Å². The summed E-state index contributed by atoms with van der Waals surface area (Å²) in [7, 11) is 0. The number of rotatable bonds is 6. The van der Waals surface area contributed by atoms with Gasteiger partial charge in [-0.3, -0.25) is 4.79 Å². The van der Waals surface area contributed by atoms with Gasteiger partial charge in [0.2, 0.25) is 0 Å². The number of furan rings is 1. The van der Waals surface area contributed by atoms with Crippen molar-refractivity contribution in [1.82, 2.24) is 5.32 Å². The zero-order valence-electron chi connectivity index (χ0n) is 20.6. The summed E-state index contributed by atoms with van der Waals surface area (Å²) in [5, 5.41) is 3.02. The number of hydrogen-bond acceptors (Lipinski definition) is 2. The number of carbonyl (C=O) groups excluding carboxylic acids is 1. The second-order valence-electron chi connectivity index (χ2n) is 11.1. The molecule has 2 aliphatic rings. The zero-order chi connectivity index (χ0) is 22.9. The van der Waals surface area contributed by atoms with Gasteiger partial charge in [0.25, 0.3) is 5.91 Å². The zero-order valence-corrected chi connectivity index (χ0v) is 20.6. The normalized spacial score (nSPS) is 19.2. The summed E-state index contributed by atoms with van der Waals surface area (Å²) in [6.45, 7) is 12.3. The third-order valence-corrected chi connectivity index (χ3v) is 7.68. The number of carbonyl (C=O) groups is 1. The number of allylic oxidation sites excluding steroid dienone is 1. The quantitative estimate of drug-likeness (QED) is 0.492. The lowest BCUT2D eigenvalue weighted by Crippen LogP contribution is -2.34. The molecule has 3 nitrogen and oxygen atoms in total.